The first-order valence-electron chi connectivity index (χ1n) is 45.5. The maximum atomic E-state index is 10.5. The predicted molar refractivity (Wildman–Crippen MR) is 563 cm³/mol. The third kappa shape index (κ3) is 85.3. The van der Waals surface area contributed by atoms with Crippen LogP contribution in [-0.4, -0.2) is 383 Å². The first-order chi connectivity index (χ1) is 60.2. The highest BCUT2D eigenvalue weighted by atomic mass is 32.2. The van der Waals surface area contributed by atoms with Crippen LogP contribution in [0.15, 0.2) is 0 Å². The Kier molecular flexibility index (Phi) is 117. The SMILES string of the molecule is C.C.CCC(COCCCS)(COCCCS)COCCCSCCCOCC(CO)(COCCCS)COCCCCCCCOCC(CO)(COCCCS)COCCCS.CCCCOCC(CO)(COCCCS)COCCCS.OCC(COCCCS)(COCCCS)COCCCSCCCOCC(CO)(COCCCS)COCCCS. The zero-order valence-corrected chi connectivity index (χ0v) is 87.7. The fourth-order valence-corrected chi connectivity index (χ4v) is 14.3. The molecular weight excluding hydrogens is 1850 g/mol. The van der Waals surface area contributed by atoms with Gasteiger partial charge in [-0.3, -0.25) is 0 Å². The Balaban J connectivity index is -0.000000642. The van der Waals surface area contributed by atoms with Gasteiger partial charge in [0, 0.05) is 124 Å². The number of hydrogen-bond acceptors (Lipinski definition) is 36. The van der Waals surface area contributed by atoms with Gasteiger partial charge in [0.25, 0.3) is 0 Å². The number of unbranched alkanes of at least 4 members (excludes halogenated alkanes) is 5. The Hall–Kier alpha value is 3.63. The lowest BCUT2D eigenvalue weighted by molar-refractivity contribution is -0.0932. The van der Waals surface area contributed by atoms with E-state index in [2.05, 4.69) is 153 Å². The highest BCUT2D eigenvalue weighted by Gasteiger charge is 2.36. The molecule has 0 amide bonds. The van der Waals surface area contributed by atoms with Crippen LogP contribution in [0.2, 0.25) is 0 Å². The molecule has 0 aromatic heterocycles. The average molecular weight is 2040 g/mol. The number of thiol groups is 11. The van der Waals surface area contributed by atoms with Gasteiger partial charge in [0.1, 0.15) is 0 Å². The molecule has 0 radical (unpaired) electrons. The van der Waals surface area contributed by atoms with Crippen molar-refractivity contribution in [1.29, 1.82) is 0 Å². The van der Waals surface area contributed by atoms with Gasteiger partial charge in [-0.25, -0.2) is 0 Å². The quantitative estimate of drug-likeness (QED) is 0.0199. The first kappa shape index (κ1) is 137. The van der Waals surface area contributed by atoms with E-state index in [0.29, 0.717) is 231 Å². The summed E-state index contributed by atoms with van der Waals surface area (Å²) in [6.45, 7) is 23.6. The molecule has 0 saturated carbocycles. The van der Waals surface area contributed by atoms with E-state index in [9.17, 15) is 25.5 Å². The van der Waals surface area contributed by atoms with Crippen molar-refractivity contribution in [2.75, 3.05) is 357 Å². The maximum absolute atomic E-state index is 10.5. The molecule has 0 aromatic carbocycles. The van der Waals surface area contributed by atoms with E-state index in [1.807, 2.05) is 23.5 Å². The topological polar surface area (TPSA) is 267 Å². The lowest BCUT2D eigenvalue weighted by Gasteiger charge is -2.32. The van der Waals surface area contributed by atoms with Crippen molar-refractivity contribution in [3.63, 3.8) is 0 Å². The van der Waals surface area contributed by atoms with Gasteiger partial charge in [-0.05, 0) is 208 Å². The Morgan fingerprint density at radius 1 is 0.176 bits per heavy atom. The van der Waals surface area contributed by atoms with Gasteiger partial charge in [-0.1, -0.05) is 54.4 Å². The predicted octanol–water partition coefficient (Wildman–Crippen LogP) is 15.1. The van der Waals surface area contributed by atoms with E-state index in [4.69, 9.17) is 85.3 Å². The van der Waals surface area contributed by atoms with E-state index in [1.54, 1.807) is 0 Å². The molecule has 0 aromatic rings. The molecule has 5 N–H and O–H groups in total. The van der Waals surface area contributed by atoms with Crippen LogP contribution in [-0.2, 0) is 85.3 Å². The van der Waals surface area contributed by atoms with Gasteiger partial charge in [-0.2, -0.15) is 162 Å². The molecule has 23 nitrogen and oxygen atoms in total. The summed E-state index contributed by atoms with van der Waals surface area (Å²) < 4.78 is 106. The van der Waals surface area contributed by atoms with E-state index in [1.165, 1.54) is 0 Å². The largest absolute Gasteiger partial charge is 0.396 e. The smallest absolute Gasteiger partial charge is 0.0635 e. The number of aliphatic hydroxyl groups excluding tert-OH is 5. The van der Waals surface area contributed by atoms with Crippen molar-refractivity contribution in [2.45, 2.75) is 176 Å². The van der Waals surface area contributed by atoms with Gasteiger partial charge in [0.05, 0.1) is 179 Å². The van der Waals surface area contributed by atoms with Crippen LogP contribution in [0.1, 0.15) is 176 Å². The molecule has 36 heteroatoms. The number of aliphatic hydroxyl groups is 5. The van der Waals surface area contributed by atoms with Crippen molar-refractivity contribution in [1.82, 2.24) is 0 Å². The van der Waals surface area contributed by atoms with Crippen molar-refractivity contribution in [3.05, 3.63) is 0 Å². The molecule has 0 saturated heterocycles. The van der Waals surface area contributed by atoms with Crippen LogP contribution >= 0.6 is 162 Å². The zero-order valence-electron chi connectivity index (χ0n) is 76.2. The molecule has 0 aliphatic heterocycles. The normalized spacial score (nSPS) is 12.6. The second kappa shape index (κ2) is 106. The molecule has 1 unspecified atom stereocenters. The summed E-state index contributed by atoms with van der Waals surface area (Å²) in [4.78, 5) is 0. The Morgan fingerprint density at radius 2 is 0.304 bits per heavy atom. The summed E-state index contributed by atoms with van der Waals surface area (Å²) in [6, 6.07) is 0. The maximum Gasteiger partial charge on any atom is 0.0635 e. The summed E-state index contributed by atoms with van der Waals surface area (Å²) in [5.74, 6) is 12.6. The molecule has 0 spiro atoms. The van der Waals surface area contributed by atoms with Crippen LogP contribution in [0, 0.1) is 32.5 Å². The van der Waals surface area contributed by atoms with E-state index in [0.717, 1.165) is 241 Å². The van der Waals surface area contributed by atoms with Crippen LogP contribution in [0.3, 0.4) is 0 Å². The molecule has 0 fully saturated rings. The summed E-state index contributed by atoms with van der Waals surface area (Å²) in [5.41, 5.74) is -2.89. The molecule has 0 aliphatic rings. The molecule has 0 bridgehead atoms. The van der Waals surface area contributed by atoms with Gasteiger partial charge in [0.15, 0.2) is 0 Å². The molecule has 125 heavy (non-hydrogen) atoms. The second-order valence-corrected chi connectivity index (χ2v) is 39.1. The molecule has 0 heterocycles. The standard InChI is InChI=1S/C44H90O11S6.C28H58O8S5.C15H32O4S2.2CH4/c1-2-42(33-49-17-8-24-56,34-50-18-9-25-57)35-54-22-13-29-61-30-14-23-55-41-44(32-46,40-53-21-12-28-60)37-48-16-7-5-3-4-6-15-47-36-43(31-45,38-51-19-10-26-58)39-52-20-11-27-59;29-19-27(21-31-7-1-13-37,22-32-8-2-14-38)25-35-11-5-17-41-18-6-12-36-26-28(20-30,23-33-9-3-15-39)24-34-10-4-16-40;1-2-3-6-17-12-15(11-16,13-18-7-4-9-20)14-19-8-5-10-21;;/h45-46,56-60H,2-41H2,1H3;29-30,37-40H,1-26H2;16,20-21H,2-14H2,1H3;2*1H4. The number of ether oxygens (including phenoxy) is 18. The van der Waals surface area contributed by atoms with E-state index < -0.39 is 27.1 Å². The Labute approximate surface area is 832 Å². The Bertz CT molecular complexity index is 1860. The van der Waals surface area contributed by atoms with E-state index in [-0.39, 0.29) is 53.3 Å². The third-order valence-electron chi connectivity index (χ3n) is 19.2. The Morgan fingerprint density at radius 3 is 0.440 bits per heavy atom. The van der Waals surface area contributed by atoms with Crippen molar-refractivity contribution in [3.8, 4) is 0 Å². The summed E-state index contributed by atoms with van der Waals surface area (Å²) in [5, 5.41) is 50.7. The summed E-state index contributed by atoms with van der Waals surface area (Å²) in [6.07, 6.45) is 21.7. The van der Waals surface area contributed by atoms with Gasteiger partial charge in [-0.15, -0.1) is 0 Å². The minimum absolute atomic E-state index is 0. The van der Waals surface area contributed by atoms with Gasteiger partial charge >= 0.3 is 0 Å². The van der Waals surface area contributed by atoms with Crippen LogP contribution in [0.25, 0.3) is 0 Å². The third-order valence-corrected chi connectivity index (χ3v) is 25.0. The zero-order chi connectivity index (χ0) is 91.0. The van der Waals surface area contributed by atoms with Crippen molar-refractivity contribution >= 4 is 162 Å². The van der Waals surface area contributed by atoms with Crippen LogP contribution < -0.4 is 0 Å². The lowest BCUT2D eigenvalue weighted by Crippen LogP contribution is -2.41. The molecule has 760 valence electrons. The minimum atomic E-state index is -0.597. The van der Waals surface area contributed by atoms with E-state index >= 15 is 0 Å². The van der Waals surface area contributed by atoms with Gasteiger partial charge in [0.2, 0.25) is 0 Å². The average Bonchev–Trinajstić information content (AvgIpc) is 0.916. The first-order valence-corrected chi connectivity index (χ1v) is 54.8. The molecule has 0 aliphatic carbocycles. The second-order valence-electron chi connectivity index (χ2n) is 31.7. The lowest BCUT2D eigenvalue weighted by atomic mass is 9.88. The summed E-state index contributed by atoms with van der Waals surface area (Å²) in [7, 11) is 0. The monoisotopic (exact) mass is 2040 g/mol. The number of hydrogen-bond donors (Lipinski definition) is 16. The fourth-order valence-electron chi connectivity index (χ4n) is 11.2. The number of rotatable bonds is 102. The summed E-state index contributed by atoms with van der Waals surface area (Å²) >= 11 is 50.4. The molecule has 1 atom stereocenters. The van der Waals surface area contributed by atoms with Crippen LogP contribution in [0.4, 0.5) is 0 Å². The van der Waals surface area contributed by atoms with Crippen molar-refractivity contribution < 1.29 is 111 Å². The molecule has 0 rings (SSSR count). The van der Waals surface area contributed by atoms with Crippen LogP contribution in [0.5, 0.6) is 0 Å². The highest BCUT2D eigenvalue weighted by Crippen LogP contribution is 2.28. The van der Waals surface area contributed by atoms with Crippen molar-refractivity contribution in [2.24, 2.45) is 32.5 Å². The molecular formula is C89H188O23S13. The number of thioether (sulfide) groups is 2. The minimum Gasteiger partial charge on any atom is -0.396 e. The fraction of sp³-hybridized carbons (Fsp3) is 1.00. The van der Waals surface area contributed by atoms with Gasteiger partial charge < -0.3 is 111 Å². The highest BCUT2D eigenvalue weighted by molar-refractivity contribution is 7.99.